The molecule has 0 atom stereocenters. The Bertz CT molecular complexity index is 617. The van der Waals surface area contributed by atoms with E-state index in [0.717, 1.165) is 5.69 Å². The number of hydrogen-bond donors (Lipinski definition) is 2. The molecule has 0 aliphatic heterocycles. The lowest BCUT2D eigenvalue weighted by molar-refractivity contribution is 0.0696. The number of rotatable bonds is 5. The van der Waals surface area contributed by atoms with Crippen molar-refractivity contribution in [2.45, 2.75) is 6.42 Å². The molecular formula is C14H15N3O3. The van der Waals surface area contributed by atoms with Crippen molar-refractivity contribution >= 4 is 11.9 Å². The van der Waals surface area contributed by atoms with Gasteiger partial charge in [-0.25, -0.2) is 4.79 Å². The molecule has 0 aliphatic rings. The summed E-state index contributed by atoms with van der Waals surface area (Å²) in [6.45, 7) is 0.499. The lowest BCUT2D eigenvalue weighted by atomic mass is 10.1. The average Bonchev–Trinajstić information content (AvgIpc) is 2.84. The molecule has 6 heteroatoms. The minimum absolute atomic E-state index is 0.163. The molecule has 0 saturated heterocycles. The smallest absolute Gasteiger partial charge is 0.335 e. The maximum Gasteiger partial charge on any atom is 0.335 e. The maximum atomic E-state index is 11.9. The van der Waals surface area contributed by atoms with Gasteiger partial charge in [0.15, 0.2) is 0 Å². The van der Waals surface area contributed by atoms with Gasteiger partial charge in [-0.1, -0.05) is 0 Å². The van der Waals surface area contributed by atoms with E-state index in [-0.39, 0.29) is 11.5 Å². The highest BCUT2D eigenvalue weighted by atomic mass is 16.4. The minimum Gasteiger partial charge on any atom is -0.478 e. The van der Waals surface area contributed by atoms with Crippen molar-refractivity contribution in [1.29, 1.82) is 0 Å². The van der Waals surface area contributed by atoms with Gasteiger partial charge >= 0.3 is 5.97 Å². The van der Waals surface area contributed by atoms with Crippen molar-refractivity contribution in [3.05, 3.63) is 53.3 Å². The molecule has 6 nitrogen and oxygen atoms in total. The number of carboxylic acids is 1. The molecule has 20 heavy (non-hydrogen) atoms. The van der Waals surface area contributed by atoms with Gasteiger partial charge in [-0.15, -0.1) is 0 Å². The minimum atomic E-state index is -1.01. The van der Waals surface area contributed by atoms with Crippen molar-refractivity contribution in [1.82, 2.24) is 15.1 Å². The topological polar surface area (TPSA) is 84.2 Å². The van der Waals surface area contributed by atoms with Crippen LogP contribution in [0.3, 0.4) is 0 Å². The van der Waals surface area contributed by atoms with Crippen LogP contribution in [0.2, 0.25) is 0 Å². The largest absolute Gasteiger partial charge is 0.478 e. The normalized spacial score (nSPS) is 10.2. The SMILES string of the molecule is Cn1nccc1CCNC(=O)c1ccc(C(=O)O)cc1. The quantitative estimate of drug-likeness (QED) is 0.854. The van der Waals surface area contributed by atoms with Crippen LogP contribution < -0.4 is 5.32 Å². The number of nitrogens with one attached hydrogen (secondary N) is 1. The van der Waals surface area contributed by atoms with E-state index in [4.69, 9.17) is 5.11 Å². The molecule has 104 valence electrons. The van der Waals surface area contributed by atoms with Crippen LogP contribution in [-0.2, 0) is 13.5 Å². The van der Waals surface area contributed by atoms with Crippen molar-refractivity contribution in [2.75, 3.05) is 6.54 Å². The highest BCUT2D eigenvalue weighted by Gasteiger charge is 2.07. The highest BCUT2D eigenvalue weighted by Crippen LogP contribution is 2.04. The summed E-state index contributed by atoms with van der Waals surface area (Å²) in [5.41, 5.74) is 1.64. The van der Waals surface area contributed by atoms with E-state index in [1.54, 1.807) is 10.9 Å². The number of carbonyl (C=O) groups excluding carboxylic acids is 1. The first-order valence-electron chi connectivity index (χ1n) is 6.16. The predicted molar refractivity (Wildman–Crippen MR) is 72.6 cm³/mol. The third-order valence-electron chi connectivity index (χ3n) is 2.98. The maximum absolute atomic E-state index is 11.9. The fourth-order valence-corrected chi connectivity index (χ4v) is 1.82. The Hall–Kier alpha value is -2.63. The number of nitrogens with zero attached hydrogens (tertiary/aromatic N) is 2. The molecule has 0 aliphatic carbocycles. The Morgan fingerprint density at radius 3 is 2.40 bits per heavy atom. The molecule has 0 saturated carbocycles. The van der Waals surface area contributed by atoms with Gasteiger partial charge in [0, 0.05) is 37.5 Å². The molecule has 0 unspecified atom stereocenters. The van der Waals surface area contributed by atoms with E-state index in [0.29, 0.717) is 18.5 Å². The number of aromatic nitrogens is 2. The summed E-state index contributed by atoms with van der Waals surface area (Å²) in [6, 6.07) is 7.73. The number of carbonyl (C=O) groups is 2. The van der Waals surface area contributed by atoms with Crippen LogP contribution in [0.1, 0.15) is 26.4 Å². The molecule has 1 amide bonds. The highest BCUT2D eigenvalue weighted by molar-refractivity contribution is 5.95. The van der Waals surface area contributed by atoms with Gasteiger partial charge in [0.2, 0.25) is 0 Å². The lowest BCUT2D eigenvalue weighted by Gasteiger charge is -2.06. The summed E-state index contributed by atoms with van der Waals surface area (Å²) in [7, 11) is 1.85. The van der Waals surface area contributed by atoms with Gasteiger partial charge < -0.3 is 10.4 Å². The third-order valence-corrected chi connectivity index (χ3v) is 2.98. The average molecular weight is 273 g/mol. The summed E-state index contributed by atoms with van der Waals surface area (Å²) in [6.07, 6.45) is 2.40. The molecule has 2 rings (SSSR count). The summed E-state index contributed by atoms with van der Waals surface area (Å²) < 4.78 is 1.76. The number of aromatic carboxylic acids is 1. The summed E-state index contributed by atoms with van der Waals surface area (Å²) in [4.78, 5) is 22.6. The fraction of sp³-hybridized carbons (Fsp3) is 0.214. The lowest BCUT2D eigenvalue weighted by Crippen LogP contribution is -2.26. The van der Waals surface area contributed by atoms with E-state index >= 15 is 0 Å². The van der Waals surface area contributed by atoms with Gasteiger partial charge in [-0.05, 0) is 30.3 Å². The Kier molecular flexibility index (Phi) is 4.14. The van der Waals surface area contributed by atoms with Crippen molar-refractivity contribution in [3.63, 3.8) is 0 Å². The van der Waals surface area contributed by atoms with Gasteiger partial charge in [0.05, 0.1) is 5.56 Å². The Labute approximate surface area is 116 Å². The second-order valence-corrected chi connectivity index (χ2v) is 4.33. The second kappa shape index (κ2) is 6.01. The number of aryl methyl sites for hydroxylation is 1. The third kappa shape index (κ3) is 3.23. The molecule has 0 radical (unpaired) electrons. The molecule has 0 spiro atoms. The van der Waals surface area contributed by atoms with Gasteiger partial charge in [0.1, 0.15) is 0 Å². The monoisotopic (exact) mass is 273 g/mol. The fourth-order valence-electron chi connectivity index (χ4n) is 1.82. The van der Waals surface area contributed by atoms with Crippen LogP contribution in [-0.4, -0.2) is 33.3 Å². The number of benzene rings is 1. The number of amides is 1. The number of carboxylic acid groups (broad SMARTS) is 1. The van der Waals surface area contributed by atoms with Crippen LogP contribution in [0, 0.1) is 0 Å². The van der Waals surface area contributed by atoms with Crippen molar-refractivity contribution < 1.29 is 14.7 Å². The summed E-state index contributed by atoms with van der Waals surface area (Å²) in [5, 5.41) is 15.6. The molecule has 1 heterocycles. The van der Waals surface area contributed by atoms with Crippen molar-refractivity contribution in [3.8, 4) is 0 Å². The van der Waals surface area contributed by atoms with Crippen LogP contribution in [0.5, 0.6) is 0 Å². The molecule has 1 aromatic heterocycles. The second-order valence-electron chi connectivity index (χ2n) is 4.33. The predicted octanol–water partition coefficient (Wildman–Crippen LogP) is 1.09. The van der Waals surface area contributed by atoms with E-state index in [1.807, 2.05) is 13.1 Å². The Morgan fingerprint density at radius 2 is 1.85 bits per heavy atom. The van der Waals surface area contributed by atoms with E-state index < -0.39 is 5.97 Å². The van der Waals surface area contributed by atoms with E-state index in [1.165, 1.54) is 24.3 Å². The zero-order valence-corrected chi connectivity index (χ0v) is 11.0. The van der Waals surface area contributed by atoms with Crippen LogP contribution in [0.25, 0.3) is 0 Å². The van der Waals surface area contributed by atoms with Crippen molar-refractivity contribution in [2.24, 2.45) is 7.05 Å². The molecule has 2 aromatic rings. The summed E-state index contributed by atoms with van der Waals surface area (Å²) >= 11 is 0. The first kappa shape index (κ1) is 13.8. The van der Waals surface area contributed by atoms with E-state index in [9.17, 15) is 9.59 Å². The molecule has 1 aromatic carbocycles. The molecular weight excluding hydrogens is 258 g/mol. The zero-order chi connectivity index (χ0) is 14.5. The summed E-state index contributed by atoms with van der Waals surface area (Å²) in [5.74, 6) is -1.22. The van der Waals surface area contributed by atoms with Gasteiger partial charge in [-0.3, -0.25) is 9.48 Å². The first-order chi connectivity index (χ1) is 9.58. The van der Waals surface area contributed by atoms with Crippen LogP contribution in [0.15, 0.2) is 36.5 Å². The van der Waals surface area contributed by atoms with E-state index in [2.05, 4.69) is 10.4 Å². The first-order valence-corrected chi connectivity index (χ1v) is 6.16. The standard InChI is InChI=1S/C14H15N3O3/c1-17-12(7-9-16-17)6-8-15-13(18)10-2-4-11(5-3-10)14(19)20/h2-5,7,9H,6,8H2,1H3,(H,15,18)(H,19,20). The Morgan fingerprint density at radius 1 is 1.20 bits per heavy atom. The van der Waals surface area contributed by atoms with Crippen LogP contribution >= 0.6 is 0 Å². The molecule has 0 fully saturated rings. The molecule has 0 bridgehead atoms. The van der Waals surface area contributed by atoms with Gasteiger partial charge in [-0.2, -0.15) is 5.10 Å². The zero-order valence-electron chi connectivity index (χ0n) is 11.0. The molecule has 2 N–H and O–H groups in total. The number of hydrogen-bond acceptors (Lipinski definition) is 3. The van der Waals surface area contributed by atoms with Gasteiger partial charge in [0.25, 0.3) is 5.91 Å². The Balaban J connectivity index is 1.88. The van der Waals surface area contributed by atoms with Crippen LogP contribution in [0.4, 0.5) is 0 Å².